The summed E-state index contributed by atoms with van der Waals surface area (Å²) in [5, 5.41) is 4.08. The number of halogens is 2. The third-order valence-corrected chi connectivity index (χ3v) is 6.58. The van der Waals surface area contributed by atoms with E-state index in [-0.39, 0.29) is 10.5 Å². The lowest BCUT2D eigenvalue weighted by molar-refractivity contribution is 0.102. The number of hydrogen-bond donors (Lipinski definition) is 1. The van der Waals surface area contributed by atoms with Crippen molar-refractivity contribution < 1.29 is 13.2 Å². The van der Waals surface area contributed by atoms with Crippen molar-refractivity contribution in [3.8, 4) is 0 Å². The van der Waals surface area contributed by atoms with Crippen molar-refractivity contribution in [2.45, 2.75) is 11.3 Å². The fourth-order valence-electron chi connectivity index (χ4n) is 2.36. The molecule has 0 unspecified atom stereocenters. The van der Waals surface area contributed by atoms with E-state index >= 15 is 0 Å². The van der Waals surface area contributed by atoms with Gasteiger partial charge in [-0.25, -0.2) is 13.4 Å². The van der Waals surface area contributed by atoms with E-state index in [0.29, 0.717) is 21.6 Å². The van der Waals surface area contributed by atoms with Gasteiger partial charge >= 0.3 is 0 Å². The molecule has 3 aromatic rings. The van der Waals surface area contributed by atoms with E-state index in [2.05, 4.69) is 10.3 Å². The molecular weight excluding hydrogens is 427 g/mol. The van der Waals surface area contributed by atoms with Crippen molar-refractivity contribution in [3.63, 3.8) is 0 Å². The third kappa shape index (κ3) is 4.87. The molecular formula is C18H14Cl2N2O3S2. The quantitative estimate of drug-likeness (QED) is 0.623. The van der Waals surface area contributed by atoms with Crippen molar-refractivity contribution in [1.29, 1.82) is 0 Å². The van der Waals surface area contributed by atoms with Crippen LogP contribution >= 0.6 is 34.5 Å². The summed E-state index contributed by atoms with van der Waals surface area (Å²) in [6.07, 6.45) is 3.29. The third-order valence-electron chi connectivity index (χ3n) is 3.69. The lowest BCUT2D eigenvalue weighted by Crippen LogP contribution is -2.12. The SMILES string of the molecule is CS(=O)(=O)c1cccc(C(=O)Nc2ncc(Cc3cccc(Cl)c3Cl)s2)c1. The Kier molecular flexibility index (Phi) is 5.86. The van der Waals surface area contributed by atoms with Crippen molar-refractivity contribution >= 4 is 55.4 Å². The van der Waals surface area contributed by atoms with Gasteiger partial charge in [-0.1, -0.05) is 41.4 Å². The first-order valence-corrected chi connectivity index (χ1v) is 11.2. The maximum Gasteiger partial charge on any atom is 0.257 e. The van der Waals surface area contributed by atoms with Gasteiger partial charge in [0.1, 0.15) is 0 Å². The van der Waals surface area contributed by atoms with Crippen LogP contribution in [0.1, 0.15) is 20.8 Å². The Labute approximate surface area is 170 Å². The summed E-state index contributed by atoms with van der Waals surface area (Å²) >= 11 is 13.5. The summed E-state index contributed by atoms with van der Waals surface area (Å²) < 4.78 is 23.3. The van der Waals surface area contributed by atoms with Crippen molar-refractivity contribution in [2.75, 3.05) is 11.6 Å². The van der Waals surface area contributed by atoms with Gasteiger partial charge in [0.2, 0.25) is 0 Å². The summed E-state index contributed by atoms with van der Waals surface area (Å²) in [5.74, 6) is -0.429. The first-order valence-electron chi connectivity index (χ1n) is 7.73. The molecule has 0 aliphatic heterocycles. The number of hydrogen-bond acceptors (Lipinski definition) is 5. The highest BCUT2D eigenvalue weighted by atomic mass is 35.5. The van der Waals surface area contributed by atoms with Crippen LogP contribution < -0.4 is 5.32 Å². The van der Waals surface area contributed by atoms with Crippen molar-refractivity contribution in [3.05, 3.63) is 74.7 Å². The molecule has 0 saturated heterocycles. The zero-order valence-corrected chi connectivity index (χ0v) is 17.2. The van der Waals surface area contributed by atoms with Crippen LogP contribution in [0.5, 0.6) is 0 Å². The van der Waals surface area contributed by atoms with Gasteiger partial charge in [0.05, 0.1) is 14.9 Å². The molecule has 0 atom stereocenters. The van der Waals surface area contributed by atoms with Crippen LogP contribution in [-0.2, 0) is 16.3 Å². The Hall–Kier alpha value is -1.93. The number of aromatic nitrogens is 1. The lowest BCUT2D eigenvalue weighted by atomic mass is 10.1. The normalized spacial score (nSPS) is 11.4. The van der Waals surface area contributed by atoms with Gasteiger partial charge in [0.25, 0.3) is 5.91 Å². The van der Waals surface area contributed by atoms with E-state index in [1.165, 1.54) is 29.5 Å². The molecule has 1 heterocycles. The average molecular weight is 441 g/mol. The number of amides is 1. The number of sulfone groups is 1. The summed E-state index contributed by atoms with van der Waals surface area (Å²) in [7, 11) is -3.39. The Balaban J connectivity index is 1.74. The summed E-state index contributed by atoms with van der Waals surface area (Å²) in [4.78, 5) is 17.6. The van der Waals surface area contributed by atoms with Gasteiger partial charge in [0, 0.05) is 29.3 Å². The molecule has 0 bridgehead atoms. The highest BCUT2D eigenvalue weighted by Crippen LogP contribution is 2.29. The van der Waals surface area contributed by atoms with Crippen LogP contribution in [-0.4, -0.2) is 25.6 Å². The zero-order valence-electron chi connectivity index (χ0n) is 14.1. The molecule has 1 aromatic heterocycles. The number of carbonyl (C=O) groups is 1. The van der Waals surface area contributed by atoms with Gasteiger partial charge < -0.3 is 0 Å². The number of carbonyl (C=O) groups excluding carboxylic acids is 1. The number of rotatable bonds is 5. The highest BCUT2D eigenvalue weighted by Gasteiger charge is 2.14. The first-order chi connectivity index (χ1) is 12.7. The van der Waals surface area contributed by atoms with E-state index < -0.39 is 15.7 Å². The molecule has 0 aliphatic rings. The maximum atomic E-state index is 12.4. The number of anilines is 1. The minimum atomic E-state index is -3.39. The second kappa shape index (κ2) is 7.98. The molecule has 0 spiro atoms. The Bertz CT molecular complexity index is 1110. The van der Waals surface area contributed by atoms with Crippen molar-refractivity contribution in [2.24, 2.45) is 0 Å². The average Bonchev–Trinajstić information content (AvgIpc) is 3.05. The molecule has 0 aliphatic carbocycles. The van der Waals surface area contributed by atoms with Crippen molar-refractivity contribution in [1.82, 2.24) is 4.98 Å². The standard InChI is InChI=1S/C18H14Cl2N2O3S2/c1-27(24,25)14-6-2-5-12(9-14)17(23)22-18-21-10-13(26-18)8-11-4-3-7-15(19)16(11)20/h2-7,9-10H,8H2,1H3,(H,21,22,23). The highest BCUT2D eigenvalue weighted by molar-refractivity contribution is 7.90. The molecule has 27 heavy (non-hydrogen) atoms. The van der Waals surface area contributed by atoms with Gasteiger partial charge in [-0.2, -0.15) is 0 Å². The molecule has 1 amide bonds. The van der Waals surface area contributed by atoms with Crippen LogP contribution in [0.15, 0.2) is 53.6 Å². The van der Waals surface area contributed by atoms with Gasteiger partial charge in [-0.15, -0.1) is 11.3 Å². The minimum Gasteiger partial charge on any atom is -0.298 e. The molecule has 0 radical (unpaired) electrons. The number of thiazole rings is 1. The second-order valence-corrected chi connectivity index (χ2v) is 9.69. The Morgan fingerprint density at radius 2 is 1.93 bits per heavy atom. The van der Waals surface area contributed by atoms with Gasteiger partial charge in [-0.05, 0) is 29.8 Å². The van der Waals surface area contributed by atoms with Gasteiger partial charge in [-0.3, -0.25) is 10.1 Å². The van der Waals surface area contributed by atoms with E-state index in [4.69, 9.17) is 23.2 Å². The fraction of sp³-hybridized carbons (Fsp3) is 0.111. The molecule has 1 N–H and O–H groups in total. The maximum absolute atomic E-state index is 12.4. The van der Waals surface area contributed by atoms with E-state index in [9.17, 15) is 13.2 Å². The fourth-order valence-corrected chi connectivity index (χ4v) is 4.24. The molecule has 2 aromatic carbocycles. The molecule has 3 rings (SSSR count). The van der Waals surface area contributed by atoms with Crippen LogP contribution in [0.2, 0.25) is 10.0 Å². The topological polar surface area (TPSA) is 76.1 Å². The van der Waals surface area contributed by atoms with Crippen LogP contribution in [0.25, 0.3) is 0 Å². The van der Waals surface area contributed by atoms with Gasteiger partial charge in [0.15, 0.2) is 15.0 Å². The number of nitrogens with zero attached hydrogens (tertiary/aromatic N) is 1. The predicted octanol–water partition coefficient (Wildman–Crippen LogP) is 4.70. The summed E-state index contributed by atoms with van der Waals surface area (Å²) in [6, 6.07) is 11.3. The predicted molar refractivity (Wildman–Crippen MR) is 109 cm³/mol. The van der Waals surface area contributed by atoms with E-state index in [1.54, 1.807) is 18.3 Å². The minimum absolute atomic E-state index is 0.0885. The van der Waals surface area contributed by atoms with E-state index in [1.807, 2.05) is 12.1 Å². The summed E-state index contributed by atoms with van der Waals surface area (Å²) in [6.45, 7) is 0. The Morgan fingerprint density at radius 3 is 2.67 bits per heavy atom. The monoisotopic (exact) mass is 440 g/mol. The first kappa shape index (κ1) is 19.8. The van der Waals surface area contributed by atoms with E-state index in [0.717, 1.165) is 16.7 Å². The van der Waals surface area contributed by atoms with Crippen LogP contribution in [0.4, 0.5) is 5.13 Å². The molecule has 0 fully saturated rings. The zero-order chi connectivity index (χ0) is 19.6. The largest absolute Gasteiger partial charge is 0.298 e. The molecule has 5 nitrogen and oxygen atoms in total. The number of nitrogens with one attached hydrogen (secondary N) is 1. The van der Waals surface area contributed by atoms with Crippen LogP contribution in [0.3, 0.4) is 0 Å². The Morgan fingerprint density at radius 1 is 1.19 bits per heavy atom. The molecule has 140 valence electrons. The number of benzene rings is 2. The lowest BCUT2D eigenvalue weighted by Gasteiger charge is -2.04. The second-order valence-electron chi connectivity index (χ2n) is 5.78. The molecule has 0 saturated carbocycles. The molecule has 9 heteroatoms. The van der Waals surface area contributed by atoms with Crippen LogP contribution in [0, 0.1) is 0 Å². The summed E-state index contributed by atoms with van der Waals surface area (Å²) in [5.41, 5.74) is 1.11. The smallest absolute Gasteiger partial charge is 0.257 e.